The summed E-state index contributed by atoms with van der Waals surface area (Å²) in [5, 5.41) is 54.1. The van der Waals surface area contributed by atoms with E-state index in [1.807, 2.05) is 51.1 Å². The molecule has 4 aromatic heterocycles. The van der Waals surface area contributed by atoms with Crippen LogP contribution in [0.5, 0.6) is 11.5 Å². The summed E-state index contributed by atoms with van der Waals surface area (Å²) in [7, 11) is 10.1. The van der Waals surface area contributed by atoms with Gasteiger partial charge in [0.15, 0.2) is 0 Å². The number of carbonyl (C=O) groups excluding carboxylic acids is 4. The molecule has 0 radical (unpaired) electrons. The maximum atomic E-state index is 15.3. The van der Waals surface area contributed by atoms with Crippen LogP contribution < -0.4 is 30.7 Å². The quantitative estimate of drug-likeness (QED) is 0.0331. The predicted octanol–water partition coefficient (Wildman–Crippen LogP) is 17.6. The zero-order chi connectivity index (χ0) is 93.7. The van der Waals surface area contributed by atoms with Gasteiger partial charge in [-0.15, -0.1) is 0 Å². The van der Waals surface area contributed by atoms with Crippen molar-refractivity contribution in [2.75, 3.05) is 67.1 Å². The summed E-state index contributed by atoms with van der Waals surface area (Å²) in [4.78, 5) is 98.6. The maximum Gasteiger partial charge on any atom is 0.335 e. The van der Waals surface area contributed by atoms with Gasteiger partial charge in [-0.05, 0) is 166 Å². The van der Waals surface area contributed by atoms with Gasteiger partial charge in [-0.3, -0.25) is 33.6 Å². The number of hydrogen-bond donors (Lipinski definition) is 8. The molecule has 16 rings (SSSR count). The summed E-state index contributed by atoms with van der Waals surface area (Å²) in [6.45, 7) is 13.7. The molecule has 0 bridgehead atoms. The van der Waals surface area contributed by atoms with Crippen molar-refractivity contribution in [2.45, 2.75) is 107 Å². The molecule has 678 valence electrons. The first-order valence-corrected chi connectivity index (χ1v) is 42.7. The largest absolute Gasteiger partial charge is 0.495 e. The minimum atomic E-state index is -1.25. The van der Waals surface area contributed by atoms with Gasteiger partial charge in [0.1, 0.15) is 62.3 Å². The molecule has 5 unspecified atom stereocenters. The number of benzene rings is 8. The molecule has 0 spiro atoms. The Morgan fingerprint density at radius 2 is 0.760 bits per heavy atom. The Bertz CT molecular complexity index is 6540. The number of methoxy groups -OCH3 is 2. The lowest BCUT2D eigenvalue weighted by Gasteiger charge is -2.43. The summed E-state index contributed by atoms with van der Waals surface area (Å²) in [5.74, 6) is -8.12. The Hall–Kier alpha value is -11.6. The standard InChI is InChI=1S/C25H26ClFN2O4.C24H23Cl2FN2O5.C24H24ClFN2O4.C22H21ClN2O5/c1-14-5-8-19-16(21(14)26)12-20(29(19)4)22(30)28-25(9-10-33-13-25)17-7-6-15(11-18(17)27)24(2,3)23(31)32;1-12(23(31)32)13-4-5-15(16(27)8-13)24(6-7-34-11-24)28-22(30)18-9-14-17(29(18)2)10-19(33-3)21(26)20(14)25;1-13-4-7-19-16(21(13)25)11-20(28(19)3)22(29)27-24(8-9-32-12-24)17-6-5-15(10-18(17)26)14(2)23(30)31;1-12-8-13(21(27)28)4-5-15(12)22(10-30-11-22)24-20(26)17-9-14-16(25(17)2)6-7-18(29-3)19(14)23/h5-8,11-12H,9-10,13H2,1-4H3,(H,28,30)(H,31,32);4-5,8-10,12H,6-7,11H2,1-3H3,(H,28,30)(H,31,32);4-7,10-11,14H,8-9,12H2,1-3H3,(H,27,29)(H,30,31);4-9H,10-11H2,1-3H3,(H,24,26)(H,27,28). The van der Waals surface area contributed by atoms with Crippen LogP contribution in [-0.4, -0.2) is 153 Å². The molecule has 5 atom stereocenters. The Labute approximate surface area is 764 Å². The minimum absolute atomic E-state index is 0.0772. The number of nitrogens with zero attached hydrogens (tertiary/aromatic N) is 4. The van der Waals surface area contributed by atoms with Crippen molar-refractivity contribution in [2.24, 2.45) is 28.2 Å². The van der Waals surface area contributed by atoms with E-state index in [1.165, 1.54) is 59.1 Å². The highest BCUT2D eigenvalue weighted by Crippen LogP contribution is 2.44. The summed E-state index contributed by atoms with van der Waals surface area (Å²) in [6, 6.07) is 37.6. The zero-order valence-electron chi connectivity index (χ0n) is 72.5. The lowest BCUT2D eigenvalue weighted by molar-refractivity contribution is -0.142. The van der Waals surface area contributed by atoms with Crippen LogP contribution >= 0.6 is 58.0 Å². The highest BCUT2D eigenvalue weighted by Gasteiger charge is 2.47. The fourth-order valence-corrected chi connectivity index (χ4v) is 18.1. The Morgan fingerprint density at radius 3 is 1.10 bits per heavy atom. The molecule has 8 aromatic carbocycles. The van der Waals surface area contributed by atoms with Crippen molar-refractivity contribution in [3.8, 4) is 11.5 Å². The molecule has 4 saturated heterocycles. The highest BCUT2D eigenvalue weighted by molar-refractivity contribution is 6.46. The van der Waals surface area contributed by atoms with E-state index in [9.17, 15) is 58.8 Å². The first kappa shape index (κ1) is 95.0. The molecule has 129 heavy (non-hydrogen) atoms. The number of carboxylic acid groups (broad SMARTS) is 4. The van der Waals surface area contributed by atoms with E-state index in [4.69, 9.17) is 86.4 Å². The molecule has 4 aliphatic rings. The molecule has 26 nitrogen and oxygen atoms in total. The van der Waals surface area contributed by atoms with Crippen LogP contribution in [0.15, 0.2) is 140 Å². The lowest BCUT2D eigenvalue weighted by atomic mass is 9.81. The predicted molar refractivity (Wildman–Crippen MR) is 483 cm³/mol. The van der Waals surface area contributed by atoms with Crippen LogP contribution in [0.25, 0.3) is 43.6 Å². The number of carbonyl (C=O) groups is 8. The van der Waals surface area contributed by atoms with E-state index in [2.05, 4.69) is 21.3 Å². The monoisotopic (exact) mass is 1870 g/mol. The Balaban J connectivity index is 0.000000147. The number of carboxylic acids is 4. The van der Waals surface area contributed by atoms with Crippen LogP contribution in [0, 0.1) is 38.2 Å². The van der Waals surface area contributed by atoms with Gasteiger partial charge in [0.2, 0.25) is 0 Å². The average Bonchev–Trinajstić information content (AvgIpc) is 1.73. The first-order chi connectivity index (χ1) is 61.0. The average molecular weight is 1870 g/mol. The molecular formula is C95H94Cl5F3N8O18. The third-order valence-corrected chi connectivity index (χ3v) is 27.3. The number of ether oxygens (including phenoxy) is 6. The minimum Gasteiger partial charge on any atom is -0.495 e. The summed E-state index contributed by atoms with van der Waals surface area (Å²) in [6.07, 6.45) is 1.14. The van der Waals surface area contributed by atoms with Crippen LogP contribution in [0.3, 0.4) is 0 Å². The number of halogens is 8. The molecule has 12 aromatic rings. The molecule has 4 aliphatic heterocycles. The number of rotatable bonds is 21. The van der Waals surface area contributed by atoms with E-state index in [-0.39, 0.29) is 69.8 Å². The van der Waals surface area contributed by atoms with Crippen molar-refractivity contribution >= 4 is 149 Å². The van der Waals surface area contributed by atoms with Crippen LogP contribution in [0.1, 0.15) is 167 Å². The van der Waals surface area contributed by atoms with E-state index < -0.39 is 86.6 Å². The molecule has 0 saturated carbocycles. The van der Waals surface area contributed by atoms with Crippen LogP contribution in [0.2, 0.25) is 25.1 Å². The summed E-state index contributed by atoms with van der Waals surface area (Å²) < 4.78 is 85.2. The van der Waals surface area contributed by atoms with Gasteiger partial charge >= 0.3 is 23.9 Å². The number of nitrogens with one attached hydrogen (secondary N) is 4. The molecule has 8 heterocycles. The lowest BCUT2D eigenvalue weighted by Crippen LogP contribution is -2.59. The highest BCUT2D eigenvalue weighted by atomic mass is 35.5. The van der Waals surface area contributed by atoms with Crippen molar-refractivity contribution in [1.29, 1.82) is 0 Å². The zero-order valence-corrected chi connectivity index (χ0v) is 76.3. The Kier molecular flexibility index (Phi) is 27.6. The molecular weight excluding hydrogens is 1780 g/mol. The van der Waals surface area contributed by atoms with Gasteiger partial charge in [0.25, 0.3) is 23.6 Å². The topological polar surface area (TPSA) is 341 Å². The number of aromatic carboxylic acids is 1. The number of aromatic nitrogens is 4. The van der Waals surface area contributed by atoms with Crippen molar-refractivity contribution in [1.82, 2.24) is 39.5 Å². The molecule has 4 fully saturated rings. The normalized spacial score (nSPS) is 18.0. The van der Waals surface area contributed by atoms with E-state index in [1.54, 1.807) is 138 Å². The van der Waals surface area contributed by atoms with Gasteiger partial charge < -0.3 is 88.4 Å². The number of fused-ring (bicyclic) bond motifs is 4. The van der Waals surface area contributed by atoms with Gasteiger partial charge in [-0.1, -0.05) is 113 Å². The van der Waals surface area contributed by atoms with Crippen LogP contribution in [-0.2, 0) is 89.1 Å². The summed E-state index contributed by atoms with van der Waals surface area (Å²) in [5.41, 5.74) is 4.91. The van der Waals surface area contributed by atoms with E-state index >= 15 is 13.2 Å². The van der Waals surface area contributed by atoms with Gasteiger partial charge in [0, 0.05) is 123 Å². The molecule has 8 N–H and O–H groups in total. The van der Waals surface area contributed by atoms with E-state index in [0.717, 1.165) is 55.0 Å². The number of hydrogen-bond acceptors (Lipinski definition) is 14. The Morgan fingerprint density at radius 1 is 0.403 bits per heavy atom. The summed E-state index contributed by atoms with van der Waals surface area (Å²) >= 11 is 32.0. The van der Waals surface area contributed by atoms with Gasteiger partial charge in [0.05, 0.1) is 118 Å². The van der Waals surface area contributed by atoms with Crippen molar-refractivity contribution in [3.05, 3.63) is 266 Å². The maximum absolute atomic E-state index is 15.3. The number of aliphatic carboxylic acids is 3. The number of amides is 4. The van der Waals surface area contributed by atoms with Crippen LogP contribution in [0.4, 0.5) is 13.2 Å². The third-order valence-electron chi connectivity index (χ3n) is 25.1. The van der Waals surface area contributed by atoms with Gasteiger partial charge in [-0.25, -0.2) is 18.0 Å². The van der Waals surface area contributed by atoms with Crippen molar-refractivity contribution in [3.63, 3.8) is 0 Å². The molecule has 34 heteroatoms. The fourth-order valence-electron chi connectivity index (χ4n) is 16.9. The molecule has 0 aliphatic carbocycles. The number of aryl methyl sites for hydroxylation is 7. The smallest absolute Gasteiger partial charge is 0.335 e. The second-order valence-electron chi connectivity index (χ2n) is 33.4. The third kappa shape index (κ3) is 18.1. The van der Waals surface area contributed by atoms with E-state index in [0.29, 0.717) is 129 Å². The second-order valence-corrected chi connectivity index (χ2v) is 35.3. The van der Waals surface area contributed by atoms with Crippen molar-refractivity contribution < 1.29 is 100 Å². The second kappa shape index (κ2) is 37.4. The first-order valence-electron chi connectivity index (χ1n) is 40.9. The fraction of sp³-hybridized carbons (Fsp3) is 0.326. The SMILES string of the molecule is COc1cc2c(cc(C(=O)NC3(c4ccc(C(C)C(=O)O)cc4F)CCOC3)n2C)c(Cl)c1Cl.COc1ccc2c(cc(C(=O)NC3(c4ccc(C(=O)O)cc4C)COC3)n2C)c1Cl.Cc1ccc2c(cc(C(=O)NC3(c4ccc(C(C)(C)C(=O)O)cc4F)CCOC3)n2C)c1Cl.Cc1ccc2c(cc(C(=O)NC3(c4ccc(C(C)C(=O)O)cc4F)CCOC3)n2C)c1Cl. The molecule has 4 amide bonds. The van der Waals surface area contributed by atoms with Gasteiger partial charge in [-0.2, -0.15) is 0 Å².